The second kappa shape index (κ2) is 31.1. The molecule has 32 nitrogen and oxygen atoms in total. The Labute approximate surface area is 506 Å². The van der Waals surface area contributed by atoms with Crippen molar-refractivity contribution < 1.29 is 157 Å². The van der Waals surface area contributed by atoms with E-state index in [1.807, 2.05) is 0 Å². The van der Waals surface area contributed by atoms with Gasteiger partial charge in [0.05, 0.1) is 62.5 Å². The molecule has 4 heterocycles. The maximum Gasteiger partial charge on any atom is 0.331 e. The van der Waals surface area contributed by atoms with Crippen LogP contribution in [0.15, 0.2) is 60.7 Å². The van der Waals surface area contributed by atoms with Gasteiger partial charge in [-0.15, -0.1) is 0 Å². The highest BCUT2D eigenvalue weighted by molar-refractivity contribution is 5.89. The van der Waals surface area contributed by atoms with Crippen LogP contribution < -0.4 is 28.4 Å². The van der Waals surface area contributed by atoms with Gasteiger partial charge >= 0.3 is 17.9 Å². The molecule has 32 heteroatoms. The number of hydrogen-bond donors (Lipinski definition) is 13. The van der Waals surface area contributed by atoms with E-state index in [4.69, 9.17) is 75.8 Å². The van der Waals surface area contributed by atoms with Crippen LogP contribution in [0, 0.1) is 0 Å². The third kappa shape index (κ3) is 15.8. The molecule has 4 fully saturated rings. The van der Waals surface area contributed by atoms with Gasteiger partial charge in [0.15, 0.2) is 65.6 Å². The normalized spacial score (nSPS) is 32.2. The number of benzene rings is 3. The van der Waals surface area contributed by atoms with Crippen molar-refractivity contribution >= 4 is 36.1 Å². The van der Waals surface area contributed by atoms with E-state index in [2.05, 4.69) is 0 Å². The van der Waals surface area contributed by atoms with Gasteiger partial charge in [0.25, 0.3) is 0 Å². The molecule has 0 aromatic heterocycles. The fourth-order valence-corrected chi connectivity index (χ4v) is 9.88. The van der Waals surface area contributed by atoms with Crippen LogP contribution in [0.4, 0.5) is 0 Å². The molecule has 4 aliphatic rings. The zero-order chi connectivity index (χ0) is 65.0. The van der Waals surface area contributed by atoms with Crippen molar-refractivity contribution in [2.45, 2.75) is 116 Å². The number of aromatic hydroxyl groups is 2. The van der Waals surface area contributed by atoms with Gasteiger partial charge in [-0.05, 0) is 71.3 Å². The van der Waals surface area contributed by atoms with E-state index in [-0.39, 0.29) is 57.1 Å². The summed E-state index contributed by atoms with van der Waals surface area (Å²) in [4.78, 5) is 41.2. The lowest BCUT2D eigenvalue weighted by molar-refractivity contribution is -0.412. The molecular formula is C57H72O32. The quantitative estimate of drug-likeness (QED) is 0.0211. The zero-order valence-corrected chi connectivity index (χ0v) is 48.5. The van der Waals surface area contributed by atoms with Gasteiger partial charge < -0.3 is 142 Å². The number of phenolic OH excluding ortho intramolecular Hbond substituents is 2. The van der Waals surface area contributed by atoms with Crippen molar-refractivity contribution in [3.63, 3.8) is 0 Å². The van der Waals surface area contributed by atoms with Crippen molar-refractivity contribution in [3.8, 4) is 46.0 Å². The molecule has 4 aliphatic heterocycles. The van der Waals surface area contributed by atoms with E-state index in [0.717, 1.165) is 18.2 Å². The Morgan fingerprint density at radius 3 is 1.51 bits per heavy atom. The first kappa shape index (κ1) is 69.4. The molecule has 0 radical (unpaired) electrons. The molecule has 0 aliphatic carbocycles. The monoisotopic (exact) mass is 1270 g/mol. The van der Waals surface area contributed by atoms with Crippen LogP contribution in [-0.4, -0.2) is 276 Å². The minimum atomic E-state index is -2.92. The molecule has 0 unspecified atom stereocenters. The molecular weight excluding hydrogens is 1200 g/mol. The van der Waals surface area contributed by atoms with Crippen LogP contribution in [0.25, 0.3) is 18.2 Å². The third-order valence-electron chi connectivity index (χ3n) is 14.6. The minimum absolute atomic E-state index is 0.0173. The van der Waals surface area contributed by atoms with Gasteiger partial charge in [0.2, 0.25) is 17.3 Å². The standard InChI is InChI=1S/C57H72O32/c1-74-29-15-25(7-11-28(29)62)8-13-39(64)84-51-36(22-60)88-57(24-61,53(51)85-40(65)14-10-27-18-32(77-4)49(79-6)33(19-27)78-5)89-56-52(45(70)43(68)37(83-56)23-80-38(63)12-9-26-16-30(75-2)41(66)31(17-26)76-3)87-55-48(73)46(71)50(35(21-59)82-55)86-54-47(72)44(69)42(67)34(20-58)81-54/h7-19,34-37,42-48,50-56,58-62,66-73H,20-24H2,1-6H3/t34-,35-,36-,37-,42-,43-,44+,45+,46-,47-,48-,50-,51-,52-,53+,54+,55+,56-,57+/m1/s1. The Morgan fingerprint density at radius 1 is 0.483 bits per heavy atom. The number of phenols is 2. The number of ether oxygens (including phenoxy) is 16. The summed E-state index contributed by atoms with van der Waals surface area (Å²) in [6.45, 7) is -5.39. The highest BCUT2D eigenvalue weighted by Gasteiger charge is 2.63. The van der Waals surface area contributed by atoms with E-state index in [1.54, 1.807) is 0 Å². The Balaban J connectivity index is 1.24. The predicted octanol–water partition coefficient (Wildman–Crippen LogP) is -3.49. The first-order valence-electron chi connectivity index (χ1n) is 27.1. The summed E-state index contributed by atoms with van der Waals surface area (Å²) in [5.41, 5.74) is 0.856. The SMILES string of the molecule is COc1cc(C=CC(=O)O[C@@H]2[C@@H](CO)O[C@@](CO)(O[C@H]3O[C@H](COC(=O)C=Cc4cc(OC)c(O)c(OC)c4)[C@@H](O)[C@H](O)[C@H]3O[C@@H]3O[C@H](CO)[C@@H](O[C@@H]4O[C@H](CO)[C@@H](O)[C@H](O)[C@H]4O)[C@H](O)[C@H]3O)[C@H]2OC(=O)C=Cc2cc(OC)c(OC)c(OC)c2)ccc1O. The number of carbonyl (C=O) groups is 3. The molecule has 492 valence electrons. The maximum atomic E-state index is 14.1. The molecule has 4 saturated heterocycles. The van der Waals surface area contributed by atoms with Gasteiger partial charge in [-0.2, -0.15) is 0 Å². The first-order valence-corrected chi connectivity index (χ1v) is 27.1. The van der Waals surface area contributed by atoms with Gasteiger partial charge in [0, 0.05) is 18.2 Å². The van der Waals surface area contributed by atoms with Crippen LogP contribution >= 0.6 is 0 Å². The highest BCUT2D eigenvalue weighted by Crippen LogP contribution is 2.43. The molecule has 3 aromatic rings. The van der Waals surface area contributed by atoms with Gasteiger partial charge in [-0.25, -0.2) is 14.4 Å². The smallest absolute Gasteiger partial charge is 0.331 e. The molecule has 3 aromatic carbocycles. The maximum absolute atomic E-state index is 14.1. The average Bonchev–Trinajstić information content (AvgIpc) is 1.76. The van der Waals surface area contributed by atoms with E-state index in [9.17, 15) is 80.8 Å². The van der Waals surface area contributed by atoms with Crippen LogP contribution in [-0.2, 0) is 61.8 Å². The van der Waals surface area contributed by atoms with E-state index in [1.165, 1.54) is 103 Å². The van der Waals surface area contributed by atoms with Crippen molar-refractivity contribution in [1.29, 1.82) is 0 Å². The Morgan fingerprint density at radius 2 is 0.955 bits per heavy atom. The molecule has 89 heavy (non-hydrogen) atoms. The van der Waals surface area contributed by atoms with Crippen molar-refractivity contribution in [2.24, 2.45) is 0 Å². The predicted molar refractivity (Wildman–Crippen MR) is 295 cm³/mol. The van der Waals surface area contributed by atoms with Crippen molar-refractivity contribution in [3.05, 3.63) is 77.4 Å². The summed E-state index contributed by atoms with van der Waals surface area (Å²) < 4.78 is 90.1. The Kier molecular flexibility index (Phi) is 24.3. The van der Waals surface area contributed by atoms with Crippen LogP contribution in [0.1, 0.15) is 16.7 Å². The van der Waals surface area contributed by atoms with E-state index >= 15 is 0 Å². The molecule has 19 atom stereocenters. The van der Waals surface area contributed by atoms with Crippen LogP contribution in [0.5, 0.6) is 46.0 Å². The molecule has 0 amide bonds. The van der Waals surface area contributed by atoms with Gasteiger partial charge in [0.1, 0.15) is 92.6 Å². The second-order valence-corrected chi connectivity index (χ2v) is 20.1. The fourth-order valence-electron chi connectivity index (χ4n) is 9.88. The highest BCUT2D eigenvalue weighted by atomic mass is 16.8. The number of rotatable bonds is 26. The number of aliphatic hydroxyl groups is 11. The van der Waals surface area contributed by atoms with Crippen LogP contribution in [0.3, 0.4) is 0 Å². The first-order chi connectivity index (χ1) is 42.6. The summed E-state index contributed by atoms with van der Waals surface area (Å²) in [6.07, 6.45) is -30.2. The fraction of sp³-hybridized carbons (Fsp3) is 0.526. The number of hydrogen-bond acceptors (Lipinski definition) is 32. The summed E-state index contributed by atoms with van der Waals surface area (Å²) in [7, 11) is 7.90. The molecule has 7 rings (SSSR count). The summed E-state index contributed by atoms with van der Waals surface area (Å²) >= 11 is 0. The largest absolute Gasteiger partial charge is 0.504 e. The summed E-state index contributed by atoms with van der Waals surface area (Å²) in [5, 5.41) is 141. The lowest BCUT2D eigenvalue weighted by Crippen LogP contribution is -2.67. The number of methoxy groups -OCH3 is 6. The lowest BCUT2D eigenvalue weighted by Gasteiger charge is -2.49. The molecule has 0 bridgehead atoms. The summed E-state index contributed by atoms with van der Waals surface area (Å²) in [5.74, 6) is -6.45. The third-order valence-corrected chi connectivity index (χ3v) is 14.6. The van der Waals surface area contributed by atoms with E-state index < -0.39 is 167 Å². The number of carbonyl (C=O) groups excluding carboxylic acids is 3. The molecule has 0 spiro atoms. The Bertz CT molecular complexity index is 2900. The topological polar surface area (TPSA) is 462 Å². The molecule has 0 saturated carbocycles. The lowest BCUT2D eigenvalue weighted by atomic mass is 9.96. The van der Waals surface area contributed by atoms with Gasteiger partial charge in [-0.1, -0.05) is 6.07 Å². The number of aliphatic hydroxyl groups excluding tert-OH is 11. The minimum Gasteiger partial charge on any atom is -0.504 e. The number of esters is 3. The van der Waals surface area contributed by atoms with E-state index in [0.29, 0.717) is 5.56 Å². The van der Waals surface area contributed by atoms with Gasteiger partial charge in [-0.3, -0.25) is 0 Å². The van der Waals surface area contributed by atoms with Crippen molar-refractivity contribution in [1.82, 2.24) is 0 Å². The van der Waals surface area contributed by atoms with Crippen LogP contribution in [0.2, 0.25) is 0 Å². The zero-order valence-electron chi connectivity index (χ0n) is 48.5. The van der Waals surface area contributed by atoms with Crippen molar-refractivity contribution in [2.75, 3.05) is 75.7 Å². The Hall–Kier alpha value is -7.03. The average molecular weight is 1270 g/mol. The molecule has 13 N–H and O–H groups in total. The summed E-state index contributed by atoms with van der Waals surface area (Å²) in [6, 6.07) is 9.69. The second-order valence-electron chi connectivity index (χ2n) is 20.1.